The Morgan fingerprint density at radius 2 is 1.82 bits per heavy atom. The fraction of sp³-hybridized carbons (Fsp3) is 0.273. The number of benzene rings is 1. The van der Waals surface area contributed by atoms with E-state index >= 15 is 0 Å². The second kappa shape index (κ2) is 6.15. The second-order valence-electron chi connectivity index (χ2n) is 3.45. The number of aliphatic carboxylic acids is 2. The Kier molecular flexibility index (Phi) is 4.84. The Hall–Kier alpha value is -1.69. The molecule has 0 aromatic heterocycles. The summed E-state index contributed by atoms with van der Waals surface area (Å²) in [4.78, 5) is 22.1. The maximum absolute atomic E-state index is 10.9. The van der Waals surface area contributed by atoms with Crippen LogP contribution in [0.5, 0.6) is 0 Å². The monoisotopic (exact) mass is 255 g/mol. The Morgan fingerprint density at radius 1 is 1.24 bits per heavy atom. The molecule has 1 aromatic carbocycles. The van der Waals surface area contributed by atoms with Crippen molar-refractivity contribution in [3.05, 3.63) is 24.3 Å². The molecule has 0 aliphatic rings. The zero-order chi connectivity index (χ0) is 12.8. The van der Waals surface area contributed by atoms with Crippen LogP contribution in [0.15, 0.2) is 29.2 Å². The van der Waals surface area contributed by atoms with Gasteiger partial charge in [0.25, 0.3) is 0 Å². The molecule has 0 saturated heterocycles. The van der Waals surface area contributed by atoms with Crippen molar-refractivity contribution < 1.29 is 19.8 Å². The van der Waals surface area contributed by atoms with Crippen LogP contribution in [0.3, 0.4) is 0 Å². The Balaban J connectivity index is 2.63. The number of nitrogens with two attached hydrogens (primary N) is 1. The van der Waals surface area contributed by atoms with E-state index in [9.17, 15) is 9.59 Å². The van der Waals surface area contributed by atoms with Gasteiger partial charge in [0, 0.05) is 17.0 Å². The Bertz CT molecular complexity index is 404. The number of rotatable bonds is 6. The number of anilines is 1. The Labute approximate surface area is 103 Å². The van der Waals surface area contributed by atoms with E-state index in [1.54, 1.807) is 24.3 Å². The molecule has 1 atom stereocenters. The van der Waals surface area contributed by atoms with Crippen molar-refractivity contribution in [3.63, 3.8) is 0 Å². The third-order valence-corrected chi connectivity index (χ3v) is 3.32. The predicted octanol–water partition coefficient (Wildman–Crippen LogP) is 1.68. The molecule has 92 valence electrons. The van der Waals surface area contributed by atoms with E-state index in [2.05, 4.69) is 0 Å². The molecule has 5 nitrogen and oxygen atoms in total. The Morgan fingerprint density at radius 3 is 2.29 bits per heavy atom. The van der Waals surface area contributed by atoms with Gasteiger partial charge < -0.3 is 15.9 Å². The maximum Gasteiger partial charge on any atom is 0.317 e. The summed E-state index contributed by atoms with van der Waals surface area (Å²) in [7, 11) is 0. The fourth-order valence-electron chi connectivity index (χ4n) is 1.20. The number of carboxylic acids is 2. The SMILES string of the molecule is Nc1ccc(SC(CCC(=O)O)C(=O)O)cc1. The van der Waals surface area contributed by atoms with Crippen LogP contribution >= 0.6 is 11.8 Å². The van der Waals surface area contributed by atoms with Gasteiger partial charge in [-0.3, -0.25) is 9.59 Å². The summed E-state index contributed by atoms with van der Waals surface area (Å²) < 4.78 is 0. The molecule has 17 heavy (non-hydrogen) atoms. The number of thioether (sulfide) groups is 1. The fourth-order valence-corrected chi connectivity index (χ4v) is 2.16. The van der Waals surface area contributed by atoms with E-state index in [4.69, 9.17) is 15.9 Å². The van der Waals surface area contributed by atoms with E-state index in [-0.39, 0.29) is 12.8 Å². The molecule has 0 bridgehead atoms. The first-order valence-corrected chi connectivity index (χ1v) is 5.84. The van der Waals surface area contributed by atoms with Gasteiger partial charge in [-0.1, -0.05) is 0 Å². The van der Waals surface area contributed by atoms with Crippen molar-refractivity contribution in [2.24, 2.45) is 0 Å². The number of carbonyl (C=O) groups is 2. The predicted molar refractivity (Wildman–Crippen MR) is 65.0 cm³/mol. The molecule has 4 N–H and O–H groups in total. The van der Waals surface area contributed by atoms with Gasteiger partial charge in [-0.2, -0.15) is 0 Å². The van der Waals surface area contributed by atoms with E-state index in [0.717, 1.165) is 16.7 Å². The van der Waals surface area contributed by atoms with Crippen molar-refractivity contribution in [1.82, 2.24) is 0 Å². The largest absolute Gasteiger partial charge is 0.481 e. The molecule has 0 aliphatic carbocycles. The van der Waals surface area contributed by atoms with Crippen molar-refractivity contribution >= 4 is 29.4 Å². The summed E-state index contributed by atoms with van der Waals surface area (Å²) in [6, 6.07) is 6.80. The molecule has 1 unspecified atom stereocenters. The minimum atomic E-state index is -1.01. The molecule has 0 saturated carbocycles. The number of nitrogen functional groups attached to an aromatic ring is 1. The van der Waals surface area contributed by atoms with Crippen molar-refractivity contribution in [3.8, 4) is 0 Å². The minimum Gasteiger partial charge on any atom is -0.481 e. The molecular weight excluding hydrogens is 242 g/mol. The van der Waals surface area contributed by atoms with Crippen LogP contribution in [-0.2, 0) is 9.59 Å². The second-order valence-corrected chi connectivity index (χ2v) is 4.72. The van der Waals surface area contributed by atoms with Crippen molar-refractivity contribution in [1.29, 1.82) is 0 Å². The van der Waals surface area contributed by atoms with Gasteiger partial charge in [0.05, 0.1) is 0 Å². The molecular formula is C11H13NO4S. The van der Waals surface area contributed by atoms with Gasteiger partial charge >= 0.3 is 11.9 Å². The molecule has 6 heteroatoms. The first-order valence-electron chi connectivity index (χ1n) is 4.96. The molecule has 0 heterocycles. The highest BCUT2D eigenvalue weighted by atomic mass is 32.2. The summed E-state index contributed by atoms with van der Waals surface area (Å²) >= 11 is 1.13. The van der Waals surface area contributed by atoms with Crippen LogP contribution < -0.4 is 5.73 Å². The van der Waals surface area contributed by atoms with Crippen LogP contribution in [0.2, 0.25) is 0 Å². The average Bonchev–Trinajstić information content (AvgIpc) is 2.26. The molecule has 1 rings (SSSR count). The smallest absolute Gasteiger partial charge is 0.317 e. The lowest BCUT2D eigenvalue weighted by molar-refractivity contribution is -0.138. The molecule has 0 radical (unpaired) electrons. The molecule has 0 fully saturated rings. The average molecular weight is 255 g/mol. The maximum atomic E-state index is 10.9. The molecule has 0 aliphatic heterocycles. The third-order valence-electron chi connectivity index (χ3n) is 2.05. The quantitative estimate of drug-likeness (QED) is 0.528. The van der Waals surface area contributed by atoms with Crippen molar-refractivity contribution in [2.75, 3.05) is 5.73 Å². The summed E-state index contributed by atoms with van der Waals surface area (Å²) in [6.45, 7) is 0. The van der Waals surface area contributed by atoms with Gasteiger partial charge in [0.2, 0.25) is 0 Å². The summed E-state index contributed by atoms with van der Waals surface area (Å²) in [5.74, 6) is -2.00. The highest BCUT2D eigenvalue weighted by Gasteiger charge is 2.19. The third kappa shape index (κ3) is 4.78. The number of carboxylic acid groups (broad SMARTS) is 2. The van der Waals surface area contributed by atoms with Gasteiger partial charge in [-0.15, -0.1) is 11.8 Å². The lowest BCUT2D eigenvalue weighted by atomic mass is 10.2. The van der Waals surface area contributed by atoms with Crippen LogP contribution in [0.25, 0.3) is 0 Å². The number of hydrogen-bond acceptors (Lipinski definition) is 4. The van der Waals surface area contributed by atoms with Crippen LogP contribution in [0.4, 0.5) is 5.69 Å². The zero-order valence-corrected chi connectivity index (χ0v) is 9.81. The lowest BCUT2D eigenvalue weighted by Crippen LogP contribution is -2.17. The van der Waals surface area contributed by atoms with E-state index < -0.39 is 17.2 Å². The summed E-state index contributed by atoms with van der Waals surface area (Å²) in [6.07, 6.45) is -0.0569. The topological polar surface area (TPSA) is 101 Å². The zero-order valence-electron chi connectivity index (χ0n) is 9.00. The van der Waals surface area contributed by atoms with Gasteiger partial charge in [-0.25, -0.2) is 0 Å². The molecule has 1 aromatic rings. The van der Waals surface area contributed by atoms with Gasteiger partial charge in [-0.05, 0) is 30.7 Å². The van der Waals surface area contributed by atoms with Crippen LogP contribution in [0.1, 0.15) is 12.8 Å². The van der Waals surface area contributed by atoms with Crippen LogP contribution in [-0.4, -0.2) is 27.4 Å². The standard InChI is InChI=1S/C11H13NO4S/c12-7-1-3-8(4-2-7)17-9(11(15)16)5-6-10(13)14/h1-4,9H,5-6,12H2,(H,13,14)(H,15,16). The lowest BCUT2D eigenvalue weighted by Gasteiger charge is -2.10. The van der Waals surface area contributed by atoms with E-state index in [1.807, 2.05) is 0 Å². The van der Waals surface area contributed by atoms with E-state index in [0.29, 0.717) is 5.69 Å². The summed E-state index contributed by atoms with van der Waals surface area (Å²) in [5, 5.41) is 16.7. The van der Waals surface area contributed by atoms with Crippen LogP contribution in [0, 0.1) is 0 Å². The highest BCUT2D eigenvalue weighted by molar-refractivity contribution is 8.00. The van der Waals surface area contributed by atoms with Crippen molar-refractivity contribution in [2.45, 2.75) is 23.0 Å². The molecule has 0 amide bonds. The number of hydrogen-bond donors (Lipinski definition) is 3. The highest BCUT2D eigenvalue weighted by Crippen LogP contribution is 2.27. The normalized spacial score (nSPS) is 12.0. The summed E-state index contributed by atoms with van der Waals surface area (Å²) in [5.41, 5.74) is 6.12. The van der Waals surface area contributed by atoms with Gasteiger partial charge in [0.1, 0.15) is 5.25 Å². The van der Waals surface area contributed by atoms with E-state index in [1.165, 1.54) is 0 Å². The minimum absolute atomic E-state index is 0.0969. The first kappa shape index (κ1) is 13.4. The molecule has 0 spiro atoms. The first-order chi connectivity index (χ1) is 7.99. The van der Waals surface area contributed by atoms with Gasteiger partial charge in [0.15, 0.2) is 0 Å².